The van der Waals surface area contributed by atoms with Gasteiger partial charge in [-0.05, 0) is 38.5 Å². The van der Waals surface area contributed by atoms with E-state index in [1.54, 1.807) is 6.08 Å². The van der Waals surface area contributed by atoms with Crippen LogP contribution in [0.1, 0.15) is 38.7 Å². The van der Waals surface area contributed by atoms with Crippen LogP contribution in [0.15, 0.2) is 29.8 Å². The van der Waals surface area contributed by atoms with Crippen molar-refractivity contribution >= 4 is 11.9 Å². The predicted molar refractivity (Wildman–Crippen MR) is 81.3 cm³/mol. The molecule has 0 fully saturated rings. The topological polar surface area (TPSA) is 52.6 Å². The summed E-state index contributed by atoms with van der Waals surface area (Å²) in [6, 6.07) is 2.42. The second kappa shape index (κ2) is 9.19. The van der Waals surface area contributed by atoms with Crippen LogP contribution in [0, 0.1) is 5.82 Å². The fourth-order valence-corrected chi connectivity index (χ4v) is 1.73. The summed E-state index contributed by atoms with van der Waals surface area (Å²) in [5.41, 5.74) is -0.528. The Morgan fingerprint density at radius 3 is 2.36 bits per heavy atom. The molecule has 0 saturated heterocycles. The zero-order valence-electron chi connectivity index (χ0n) is 13.8. The summed E-state index contributed by atoms with van der Waals surface area (Å²) in [7, 11) is 0. The van der Waals surface area contributed by atoms with E-state index in [0.29, 0.717) is 6.07 Å². The first kappa shape index (κ1) is 20.7. The van der Waals surface area contributed by atoms with Crippen molar-refractivity contribution in [3.8, 4) is 5.75 Å². The monoisotopic (exact) mass is 362 g/mol. The lowest BCUT2D eigenvalue weighted by Gasteiger charge is -2.11. The van der Waals surface area contributed by atoms with E-state index < -0.39 is 35.2 Å². The third-order valence-electron chi connectivity index (χ3n) is 2.99. The molecule has 0 N–H and O–H groups in total. The minimum absolute atomic E-state index is 0.0588. The molecule has 0 aliphatic heterocycles. The number of rotatable bonds is 7. The van der Waals surface area contributed by atoms with Gasteiger partial charge in [0.2, 0.25) is 0 Å². The van der Waals surface area contributed by atoms with Gasteiger partial charge in [-0.15, -0.1) is 0 Å². The summed E-state index contributed by atoms with van der Waals surface area (Å²) in [5, 5.41) is 0. The molecule has 0 aromatic heterocycles. The van der Waals surface area contributed by atoms with Crippen LogP contribution in [0.25, 0.3) is 0 Å². The number of hydrogen-bond donors (Lipinski definition) is 0. The van der Waals surface area contributed by atoms with Crippen LogP contribution < -0.4 is 4.74 Å². The lowest BCUT2D eigenvalue weighted by Crippen LogP contribution is -2.13. The van der Waals surface area contributed by atoms with Gasteiger partial charge < -0.3 is 9.47 Å². The molecule has 0 spiro atoms. The highest BCUT2D eigenvalue weighted by atomic mass is 19.4. The predicted octanol–water partition coefficient (Wildman–Crippen LogP) is 4.43. The van der Waals surface area contributed by atoms with Crippen molar-refractivity contribution in [1.82, 2.24) is 0 Å². The number of halogens is 4. The second-order valence-corrected chi connectivity index (χ2v) is 5.41. The summed E-state index contributed by atoms with van der Waals surface area (Å²) < 4.78 is 60.9. The smallest absolute Gasteiger partial charge is 0.419 e. The van der Waals surface area contributed by atoms with Gasteiger partial charge in [-0.2, -0.15) is 13.2 Å². The molecule has 0 aliphatic rings. The second-order valence-electron chi connectivity index (χ2n) is 5.41. The zero-order valence-corrected chi connectivity index (χ0v) is 13.8. The minimum atomic E-state index is -4.89. The lowest BCUT2D eigenvalue weighted by molar-refractivity contribution is -0.143. The quantitative estimate of drug-likeness (QED) is 0.312. The van der Waals surface area contributed by atoms with Crippen molar-refractivity contribution in [3.63, 3.8) is 0 Å². The minimum Gasteiger partial charge on any atom is -0.461 e. The molecule has 0 unspecified atom stereocenters. The van der Waals surface area contributed by atoms with Gasteiger partial charge in [0.1, 0.15) is 6.61 Å². The van der Waals surface area contributed by atoms with Gasteiger partial charge in [0.05, 0.1) is 5.56 Å². The molecule has 0 atom stereocenters. The van der Waals surface area contributed by atoms with Gasteiger partial charge >= 0.3 is 18.1 Å². The van der Waals surface area contributed by atoms with Gasteiger partial charge in [0, 0.05) is 12.8 Å². The normalized spacial score (nSPS) is 11.0. The number of hydrogen-bond acceptors (Lipinski definition) is 4. The van der Waals surface area contributed by atoms with Crippen molar-refractivity contribution in [1.29, 1.82) is 0 Å². The molecule has 0 heterocycles. The molecule has 25 heavy (non-hydrogen) atoms. The number of esters is 2. The highest BCUT2D eigenvalue weighted by Crippen LogP contribution is 2.34. The van der Waals surface area contributed by atoms with Crippen molar-refractivity contribution in [3.05, 3.63) is 41.2 Å². The molecule has 4 nitrogen and oxygen atoms in total. The summed E-state index contributed by atoms with van der Waals surface area (Å²) in [6.45, 7) is 3.81. The molecule has 0 aliphatic carbocycles. The first-order chi connectivity index (χ1) is 11.6. The van der Waals surface area contributed by atoms with Crippen LogP contribution in [0.2, 0.25) is 0 Å². The number of allylic oxidation sites excluding steroid dienone is 1. The number of carbonyl (C=O) groups is 2. The van der Waals surface area contributed by atoms with Crippen LogP contribution >= 0.6 is 0 Å². The first-order valence-corrected chi connectivity index (χ1v) is 7.46. The first-order valence-electron chi connectivity index (χ1n) is 7.46. The maximum atomic E-state index is 13.7. The van der Waals surface area contributed by atoms with Gasteiger partial charge in [0.15, 0.2) is 11.6 Å². The van der Waals surface area contributed by atoms with Crippen molar-refractivity contribution in [2.45, 2.75) is 39.3 Å². The molecule has 0 bridgehead atoms. The molecular formula is C17H18F4O4. The fraction of sp³-hybridized carbons (Fsp3) is 0.412. The van der Waals surface area contributed by atoms with Crippen molar-refractivity contribution in [2.75, 3.05) is 6.61 Å². The standard InChI is InChI=1S/C17H18F4O4/c1-11(2)9-10-24-14(22)7-4-8-15(23)25-13-6-3-5-12(16(13)18)17(19,20)21/h3,5-6,9H,4,7-8,10H2,1-2H3. The molecule has 0 saturated carbocycles. The number of alkyl halides is 3. The van der Waals surface area contributed by atoms with Crippen LogP contribution in [0.3, 0.4) is 0 Å². The Balaban J connectivity index is 2.48. The molecule has 138 valence electrons. The zero-order chi connectivity index (χ0) is 19.0. The molecule has 1 aromatic carbocycles. The van der Waals surface area contributed by atoms with Gasteiger partial charge in [0.25, 0.3) is 0 Å². The largest absolute Gasteiger partial charge is 0.461 e. The fourth-order valence-electron chi connectivity index (χ4n) is 1.73. The van der Waals surface area contributed by atoms with Crippen molar-refractivity contribution in [2.24, 2.45) is 0 Å². The third-order valence-corrected chi connectivity index (χ3v) is 2.99. The Kier molecular flexibility index (Phi) is 7.60. The molecule has 8 heteroatoms. The van der Waals surface area contributed by atoms with E-state index in [2.05, 4.69) is 4.74 Å². The maximum Gasteiger partial charge on any atom is 0.419 e. The maximum absolute atomic E-state index is 13.7. The van der Waals surface area contributed by atoms with Crippen molar-refractivity contribution < 1.29 is 36.6 Å². The summed E-state index contributed by atoms with van der Waals surface area (Å²) in [5.74, 6) is -3.90. The molecule has 0 radical (unpaired) electrons. The van der Waals surface area contributed by atoms with E-state index >= 15 is 0 Å². The molecule has 1 aromatic rings. The van der Waals surface area contributed by atoms with Gasteiger partial charge in [-0.25, -0.2) is 4.39 Å². The molecule has 0 amide bonds. The van der Waals surface area contributed by atoms with Gasteiger partial charge in [-0.1, -0.05) is 11.6 Å². The highest BCUT2D eigenvalue weighted by molar-refractivity contribution is 5.74. The van der Waals surface area contributed by atoms with E-state index in [1.165, 1.54) is 0 Å². The van der Waals surface area contributed by atoms with Gasteiger partial charge in [-0.3, -0.25) is 9.59 Å². The van der Waals surface area contributed by atoms with Crippen LogP contribution in [-0.2, 0) is 20.5 Å². The van der Waals surface area contributed by atoms with Crippen LogP contribution in [-0.4, -0.2) is 18.5 Å². The Morgan fingerprint density at radius 1 is 1.12 bits per heavy atom. The average molecular weight is 362 g/mol. The number of ether oxygens (including phenoxy) is 2. The molecule has 1 rings (SSSR count). The van der Waals surface area contributed by atoms with E-state index in [1.807, 2.05) is 13.8 Å². The molecular weight excluding hydrogens is 344 g/mol. The Morgan fingerprint density at radius 2 is 1.76 bits per heavy atom. The number of carbonyl (C=O) groups excluding carboxylic acids is 2. The highest BCUT2D eigenvalue weighted by Gasteiger charge is 2.35. The van der Waals surface area contributed by atoms with E-state index in [0.717, 1.165) is 17.7 Å². The summed E-state index contributed by atoms with van der Waals surface area (Å²) in [4.78, 5) is 23.0. The Hall–Kier alpha value is -2.38. The van der Waals surface area contributed by atoms with E-state index in [4.69, 9.17) is 4.74 Å². The lowest BCUT2D eigenvalue weighted by atomic mass is 10.2. The Labute approximate surface area is 142 Å². The van der Waals surface area contributed by atoms with E-state index in [9.17, 15) is 27.2 Å². The van der Waals surface area contributed by atoms with Crippen LogP contribution in [0.5, 0.6) is 5.75 Å². The van der Waals surface area contributed by atoms with Crippen LogP contribution in [0.4, 0.5) is 17.6 Å². The Bertz CT molecular complexity index is 647. The third kappa shape index (κ3) is 7.36. The SMILES string of the molecule is CC(C)=CCOC(=O)CCCC(=O)Oc1cccc(C(F)(F)F)c1F. The average Bonchev–Trinajstić information content (AvgIpc) is 2.47. The number of benzene rings is 1. The van der Waals surface area contributed by atoms with E-state index in [-0.39, 0.29) is 25.9 Å². The summed E-state index contributed by atoms with van der Waals surface area (Å²) in [6.07, 6.45) is -3.42. The summed E-state index contributed by atoms with van der Waals surface area (Å²) >= 11 is 0.